The molecular weight excluding hydrogens is 440 g/mol. The molecule has 31 heavy (non-hydrogen) atoms. The van der Waals surface area contributed by atoms with Gasteiger partial charge in [-0.15, -0.1) is 0 Å². The minimum Gasteiger partial charge on any atom is -0.493 e. The Kier molecular flexibility index (Phi) is 7.43. The number of halogens is 1. The van der Waals surface area contributed by atoms with Gasteiger partial charge in [-0.05, 0) is 42.3 Å². The molecule has 0 saturated carbocycles. The number of hydrogen-bond acceptors (Lipinski definition) is 6. The van der Waals surface area contributed by atoms with E-state index in [-0.39, 0.29) is 21.6 Å². The van der Waals surface area contributed by atoms with Gasteiger partial charge in [-0.1, -0.05) is 41.9 Å². The van der Waals surface area contributed by atoms with Gasteiger partial charge in [0.15, 0.2) is 18.3 Å². The van der Waals surface area contributed by atoms with E-state index >= 15 is 0 Å². The Morgan fingerprint density at radius 1 is 0.871 bits per heavy atom. The number of methoxy groups -OCH3 is 2. The summed E-state index contributed by atoms with van der Waals surface area (Å²) in [6.07, 6.45) is 0. The van der Waals surface area contributed by atoms with Crippen molar-refractivity contribution < 1.29 is 27.4 Å². The van der Waals surface area contributed by atoms with Gasteiger partial charge in [0.2, 0.25) is 9.84 Å². The molecule has 0 bridgehead atoms. The van der Waals surface area contributed by atoms with Crippen molar-refractivity contribution in [3.05, 3.63) is 76.8 Å². The van der Waals surface area contributed by atoms with E-state index < -0.39 is 9.84 Å². The van der Waals surface area contributed by atoms with Gasteiger partial charge in [0.25, 0.3) is 0 Å². The van der Waals surface area contributed by atoms with Crippen molar-refractivity contribution in [3.8, 4) is 17.2 Å². The third-order valence-corrected chi connectivity index (χ3v) is 6.53. The molecular formula is C23H23ClO6S. The molecule has 0 aromatic heterocycles. The second-order valence-corrected chi connectivity index (χ2v) is 9.05. The molecule has 0 aliphatic rings. The van der Waals surface area contributed by atoms with Crippen LogP contribution in [0.15, 0.2) is 70.5 Å². The summed E-state index contributed by atoms with van der Waals surface area (Å²) in [5.74, 6) is 1.15. The van der Waals surface area contributed by atoms with Crippen LogP contribution in [0.5, 0.6) is 17.2 Å². The summed E-state index contributed by atoms with van der Waals surface area (Å²) in [4.78, 5) is 0.122. The number of hydrogen-bond donors (Lipinski definition) is 0. The number of benzene rings is 3. The zero-order valence-corrected chi connectivity index (χ0v) is 19.0. The highest BCUT2D eigenvalue weighted by Crippen LogP contribution is 2.36. The van der Waals surface area contributed by atoms with Crippen LogP contribution in [0, 0.1) is 6.92 Å². The number of sulfone groups is 1. The first-order chi connectivity index (χ1) is 14.9. The van der Waals surface area contributed by atoms with E-state index in [1.54, 1.807) is 13.0 Å². The maximum atomic E-state index is 13.2. The first-order valence-electron chi connectivity index (χ1n) is 9.38. The number of aryl methyl sites for hydroxylation is 1. The predicted octanol–water partition coefficient (Wildman–Crippen LogP) is 5.05. The van der Waals surface area contributed by atoms with Crippen molar-refractivity contribution in [2.45, 2.75) is 23.3 Å². The van der Waals surface area contributed by atoms with Gasteiger partial charge in [-0.25, -0.2) is 8.42 Å². The Morgan fingerprint density at radius 3 is 2.26 bits per heavy atom. The van der Waals surface area contributed by atoms with Crippen LogP contribution in [0.25, 0.3) is 0 Å². The van der Waals surface area contributed by atoms with Crippen LogP contribution in [0.3, 0.4) is 0 Å². The van der Waals surface area contributed by atoms with E-state index in [2.05, 4.69) is 0 Å². The fraction of sp³-hybridized carbons (Fsp3) is 0.217. The molecule has 164 valence electrons. The molecule has 0 heterocycles. The van der Waals surface area contributed by atoms with Gasteiger partial charge in [0, 0.05) is 13.2 Å². The van der Waals surface area contributed by atoms with Gasteiger partial charge >= 0.3 is 0 Å². The lowest BCUT2D eigenvalue weighted by atomic mass is 10.2. The fourth-order valence-electron chi connectivity index (χ4n) is 2.96. The van der Waals surface area contributed by atoms with Crippen LogP contribution in [0.1, 0.15) is 11.1 Å². The van der Waals surface area contributed by atoms with Crippen molar-refractivity contribution in [1.29, 1.82) is 0 Å². The Hall–Kier alpha value is -2.74. The smallest absolute Gasteiger partial charge is 0.206 e. The average Bonchev–Trinajstić information content (AvgIpc) is 2.77. The van der Waals surface area contributed by atoms with Gasteiger partial charge in [0.1, 0.15) is 12.4 Å². The maximum Gasteiger partial charge on any atom is 0.206 e. The zero-order chi connectivity index (χ0) is 22.4. The number of rotatable bonds is 9. The molecule has 0 unspecified atom stereocenters. The van der Waals surface area contributed by atoms with E-state index in [1.165, 1.54) is 38.5 Å². The van der Waals surface area contributed by atoms with Gasteiger partial charge in [0.05, 0.1) is 21.9 Å². The van der Waals surface area contributed by atoms with Crippen molar-refractivity contribution in [2.75, 3.05) is 21.0 Å². The Morgan fingerprint density at radius 2 is 1.61 bits per heavy atom. The average molecular weight is 463 g/mol. The molecule has 0 N–H and O–H groups in total. The summed E-state index contributed by atoms with van der Waals surface area (Å²) in [6, 6.07) is 17.0. The van der Waals surface area contributed by atoms with Crippen LogP contribution < -0.4 is 14.2 Å². The van der Waals surface area contributed by atoms with E-state index in [0.717, 1.165) is 5.56 Å². The molecule has 0 fully saturated rings. The molecule has 0 amide bonds. The third-order valence-electron chi connectivity index (χ3n) is 4.52. The minimum absolute atomic E-state index is 0.00823. The van der Waals surface area contributed by atoms with Gasteiger partial charge in [-0.3, -0.25) is 0 Å². The SMILES string of the molecule is COCOc1c(C)cc(S(=O)(=O)c2ccc(OCc3ccccc3)c(OC)c2)cc1Cl. The van der Waals surface area contributed by atoms with E-state index in [4.69, 9.17) is 30.5 Å². The summed E-state index contributed by atoms with van der Waals surface area (Å²) in [6.45, 7) is 2.06. The summed E-state index contributed by atoms with van der Waals surface area (Å²) in [7, 11) is -0.893. The van der Waals surface area contributed by atoms with Crippen molar-refractivity contribution in [2.24, 2.45) is 0 Å². The van der Waals surface area contributed by atoms with Gasteiger partial charge in [-0.2, -0.15) is 0 Å². The first-order valence-corrected chi connectivity index (χ1v) is 11.2. The summed E-state index contributed by atoms with van der Waals surface area (Å²) >= 11 is 6.26. The quantitative estimate of drug-likeness (QED) is 0.414. The second-order valence-electron chi connectivity index (χ2n) is 6.69. The van der Waals surface area contributed by atoms with Crippen molar-refractivity contribution in [3.63, 3.8) is 0 Å². The standard InChI is InChI=1S/C23H23ClO6S/c1-16-11-19(12-20(24)23(16)30-15-27-2)31(25,26)18-9-10-21(22(13-18)28-3)29-14-17-7-5-4-6-8-17/h4-13H,14-15H2,1-3H3. The van der Waals surface area contributed by atoms with E-state index in [0.29, 0.717) is 29.4 Å². The monoisotopic (exact) mass is 462 g/mol. The van der Waals surface area contributed by atoms with Crippen LogP contribution in [0.2, 0.25) is 5.02 Å². The summed E-state index contributed by atoms with van der Waals surface area (Å²) in [5.41, 5.74) is 1.57. The Balaban J connectivity index is 1.89. The Labute approximate surface area is 187 Å². The lowest BCUT2D eigenvalue weighted by molar-refractivity contribution is 0.0506. The molecule has 0 radical (unpaired) electrons. The van der Waals surface area contributed by atoms with Crippen LogP contribution in [-0.2, 0) is 21.2 Å². The molecule has 0 saturated heterocycles. The third kappa shape index (κ3) is 5.31. The molecule has 0 aliphatic carbocycles. The zero-order valence-electron chi connectivity index (χ0n) is 17.4. The van der Waals surface area contributed by atoms with Gasteiger partial charge < -0.3 is 18.9 Å². The molecule has 0 spiro atoms. The molecule has 3 aromatic rings. The molecule has 3 rings (SSSR count). The number of ether oxygens (including phenoxy) is 4. The van der Waals surface area contributed by atoms with Crippen LogP contribution in [-0.4, -0.2) is 29.4 Å². The molecule has 3 aromatic carbocycles. The Bertz CT molecular complexity index is 1120. The fourth-order valence-corrected chi connectivity index (χ4v) is 4.73. The highest BCUT2D eigenvalue weighted by atomic mass is 35.5. The minimum atomic E-state index is -3.84. The topological polar surface area (TPSA) is 71.1 Å². The first kappa shape index (κ1) is 22.9. The summed E-state index contributed by atoms with van der Waals surface area (Å²) < 4.78 is 47.9. The lowest BCUT2D eigenvalue weighted by Gasteiger charge is -2.14. The summed E-state index contributed by atoms with van der Waals surface area (Å²) in [5, 5.41) is 0.186. The largest absolute Gasteiger partial charge is 0.493 e. The van der Waals surface area contributed by atoms with E-state index in [9.17, 15) is 8.42 Å². The molecule has 8 heteroatoms. The molecule has 0 aliphatic heterocycles. The van der Waals surface area contributed by atoms with Crippen LogP contribution >= 0.6 is 11.6 Å². The van der Waals surface area contributed by atoms with Crippen molar-refractivity contribution >= 4 is 21.4 Å². The normalized spacial score (nSPS) is 11.2. The highest BCUT2D eigenvalue weighted by molar-refractivity contribution is 7.91. The lowest BCUT2D eigenvalue weighted by Crippen LogP contribution is -2.06. The second kappa shape index (κ2) is 10.0. The molecule has 0 atom stereocenters. The highest BCUT2D eigenvalue weighted by Gasteiger charge is 2.23. The predicted molar refractivity (Wildman–Crippen MR) is 118 cm³/mol. The maximum absolute atomic E-state index is 13.2. The van der Waals surface area contributed by atoms with E-state index in [1.807, 2.05) is 30.3 Å². The molecule has 6 nitrogen and oxygen atoms in total. The van der Waals surface area contributed by atoms with Crippen LogP contribution in [0.4, 0.5) is 0 Å². The van der Waals surface area contributed by atoms with Crippen molar-refractivity contribution in [1.82, 2.24) is 0 Å².